The number of methoxy groups -OCH3 is 1. The Labute approximate surface area is 504 Å². The highest BCUT2D eigenvalue weighted by molar-refractivity contribution is 9.09. The Kier molecular flexibility index (Phi) is 23.8. The number of allylic oxidation sites excluding steroid dienone is 3. The second-order valence-corrected chi connectivity index (χ2v) is 23.8. The fourth-order valence-electron chi connectivity index (χ4n) is 10.8. The van der Waals surface area contributed by atoms with Gasteiger partial charge in [0.25, 0.3) is 0 Å². The molecule has 6 rings (SSSR count). The average Bonchev–Trinajstić information content (AvgIpc) is 2.77. The quantitative estimate of drug-likeness (QED) is 0.0148. The number of hydrogen-bond donors (Lipinski definition) is 5. The molecule has 0 spiro atoms. The summed E-state index contributed by atoms with van der Waals surface area (Å²) in [5.74, 6) is -3.90. The molecular weight excluding hydrogens is 1170 g/mol. The van der Waals surface area contributed by atoms with Crippen molar-refractivity contribution in [1.29, 1.82) is 0 Å². The Hall–Kier alpha value is -6.52. The van der Waals surface area contributed by atoms with E-state index in [1.54, 1.807) is 56.5 Å². The first kappa shape index (κ1) is 66.6. The van der Waals surface area contributed by atoms with E-state index in [4.69, 9.17) is 46.0 Å². The summed E-state index contributed by atoms with van der Waals surface area (Å²) in [6.45, 7) is 15.0. The largest absolute Gasteiger partial charge is 0.462 e. The molecule has 3 aromatic rings. The molecule has 20 nitrogen and oxygen atoms in total. The zero-order chi connectivity index (χ0) is 61.6. The molecule has 2 fully saturated rings. The lowest BCUT2D eigenvalue weighted by atomic mass is 9.78. The number of pyridine rings is 1. The molecule has 5 amide bonds. The summed E-state index contributed by atoms with van der Waals surface area (Å²) in [7, 11) is 3.07. The number of halogens is 2. The second kappa shape index (κ2) is 30.0. The molecule has 0 saturated carbocycles. The van der Waals surface area contributed by atoms with Crippen LogP contribution >= 0.6 is 27.5 Å². The summed E-state index contributed by atoms with van der Waals surface area (Å²) in [5.41, 5.74) is 6.99. The van der Waals surface area contributed by atoms with E-state index in [0.29, 0.717) is 76.0 Å². The van der Waals surface area contributed by atoms with Gasteiger partial charge in [-0.25, -0.2) is 14.4 Å². The number of nitrogens with one attached hydrogen (secondary N) is 3. The third-order valence-corrected chi connectivity index (χ3v) is 17.0. The molecule has 2 aromatic carbocycles. The van der Waals surface area contributed by atoms with Crippen molar-refractivity contribution in [2.24, 2.45) is 23.5 Å². The van der Waals surface area contributed by atoms with E-state index in [1.807, 2.05) is 52.8 Å². The monoisotopic (exact) mass is 1250 g/mol. The maximum atomic E-state index is 14.4. The zero-order valence-corrected chi connectivity index (χ0v) is 51.5. The van der Waals surface area contributed by atoms with E-state index < -0.39 is 89.4 Å². The van der Waals surface area contributed by atoms with Gasteiger partial charge in [0.2, 0.25) is 11.8 Å². The third kappa shape index (κ3) is 18.0. The number of anilines is 2. The molecule has 1 aromatic heterocycles. The number of ether oxygens (including phenoxy) is 5. The molecule has 3 aliphatic heterocycles. The SMILES string of the molecule is C=C(CBr)C(=O)OCCCCCC(=O)C[C@H](C(=O)N[C@@H](CCCNC(N)=O)C(=O)Cc1ccc2cc(NC(=O)O[C@H]3CC(=O)N(C)c4cc(cc(C)c4Cl)C/C(C)=C/C=C/[C@@H](OC)[C@]4(O)CC(=O)O[C@@H](C4)[C@@H](C)[C@@H]4O[C@@]34C)ccc2n1)C(C)C. The zero-order valence-electron chi connectivity index (χ0n) is 49.2. The average molecular weight is 1250 g/mol. The van der Waals surface area contributed by atoms with Crippen molar-refractivity contribution in [3.8, 4) is 0 Å². The Morgan fingerprint density at radius 2 is 1.80 bits per heavy atom. The summed E-state index contributed by atoms with van der Waals surface area (Å²) >= 11 is 10.0. The predicted octanol–water partition coefficient (Wildman–Crippen LogP) is 8.80. The van der Waals surface area contributed by atoms with E-state index in [0.717, 1.165) is 16.7 Å². The summed E-state index contributed by atoms with van der Waals surface area (Å²) in [4.78, 5) is 112. The number of epoxide rings is 1. The number of urea groups is 1. The molecule has 0 unspecified atom stereocenters. The smallest absolute Gasteiger partial charge is 0.412 e. The topological polar surface area (TPSA) is 284 Å². The Balaban J connectivity index is 1.15. The number of rotatable bonds is 23. The lowest BCUT2D eigenvalue weighted by molar-refractivity contribution is -0.187. The van der Waals surface area contributed by atoms with Gasteiger partial charge in [-0.05, 0) is 107 Å². The number of primary amides is 1. The van der Waals surface area contributed by atoms with Gasteiger partial charge in [0.1, 0.15) is 35.3 Å². The number of nitrogens with two attached hydrogens (primary N) is 1. The molecule has 9 atom stereocenters. The van der Waals surface area contributed by atoms with Gasteiger partial charge in [-0.2, -0.15) is 0 Å². The fraction of sp³-hybridized carbons (Fsp3) is 0.532. The number of amides is 5. The van der Waals surface area contributed by atoms with Crippen LogP contribution in [0.15, 0.2) is 78.4 Å². The van der Waals surface area contributed by atoms with E-state index >= 15 is 0 Å². The molecule has 2 saturated heterocycles. The molecule has 22 heteroatoms. The first-order valence-electron chi connectivity index (χ1n) is 28.4. The first-order valence-corrected chi connectivity index (χ1v) is 29.9. The van der Waals surface area contributed by atoms with Gasteiger partial charge < -0.3 is 50.1 Å². The molecule has 3 aliphatic rings. The van der Waals surface area contributed by atoms with E-state index in [2.05, 4.69) is 38.5 Å². The number of fused-ring (bicyclic) bond motifs is 6. The second-order valence-electron chi connectivity index (χ2n) is 22.9. The van der Waals surface area contributed by atoms with Crippen LogP contribution in [0.3, 0.4) is 0 Å². The van der Waals surface area contributed by atoms with Crippen molar-refractivity contribution in [2.45, 2.75) is 160 Å². The molecule has 4 bridgehead atoms. The lowest BCUT2D eigenvalue weighted by Gasteiger charge is -2.41. The Morgan fingerprint density at radius 1 is 1.05 bits per heavy atom. The molecule has 84 heavy (non-hydrogen) atoms. The predicted molar refractivity (Wildman–Crippen MR) is 322 cm³/mol. The van der Waals surface area contributed by atoms with Crippen LogP contribution in [0.25, 0.3) is 10.9 Å². The molecule has 4 heterocycles. The van der Waals surface area contributed by atoms with Crippen molar-refractivity contribution in [2.75, 3.05) is 42.9 Å². The first-order chi connectivity index (χ1) is 39.7. The van der Waals surface area contributed by atoms with Gasteiger partial charge in [0, 0.05) is 79.5 Å². The van der Waals surface area contributed by atoms with Crippen LogP contribution in [0.2, 0.25) is 5.02 Å². The minimum atomic E-state index is -1.62. The number of carbonyl (C=O) groups excluding carboxylic acids is 8. The summed E-state index contributed by atoms with van der Waals surface area (Å²) in [5, 5.41) is 21.5. The van der Waals surface area contributed by atoms with E-state index in [9.17, 15) is 43.5 Å². The van der Waals surface area contributed by atoms with Crippen molar-refractivity contribution in [3.05, 3.63) is 100 Å². The highest BCUT2D eigenvalue weighted by atomic mass is 79.9. The number of hydrogen-bond acceptors (Lipinski definition) is 15. The van der Waals surface area contributed by atoms with Crippen LogP contribution in [0.4, 0.5) is 21.0 Å². The minimum absolute atomic E-state index is 0.0232. The summed E-state index contributed by atoms with van der Waals surface area (Å²) in [6, 6.07) is 10.4. The molecule has 456 valence electrons. The number of ketones is 2. The van der Waals surface area contributed by atoms with Crippen molar-refractivity contribution < 1.29 is 67.1 Å². The van der Waals surface area contributed by atoms with Crippen LogP contribution in [0.1, 0.15) is 116 Å². The number of alkyl halides is 1. The van der Waals surface area contributed by atoms with Crippen LogP contribution in [-0.4, -0.2) is 132 Å². The number of aryl methyl sites for hydroxylation is 1. The number of aromatic nitrogens is 1. The maximum Gasteiger partial charge on any atom is 0.412 e. The third-order valence-electron chi connectivity index (χ3n) is 15.8. The van der Waals surface area contributed by atoms with Crippen molar-refractivity contribution in [1.82, 2.24) is 15.6 Å². The number of unbranched alkanes of at least 4 members (excludes halogenated alkanes) is 2. The number of nitrogens with zero attached hydrogens (tertiary/aromatic N) is 2. The van der Waals surface area contributed by atoms with E-state index in [1.165, 1.54) is 12.0 Å². The number of esters is 2. The fourth-order valence-corrected chi connectivity index (χ4v) is 11.3. The van der Waals surface area contributed by atoms with Crippen molar-refractivity contribution in [3.63, 3.8) is 0 Å². The van der Waals surface area contributed by atoms with Crippen LogP contribution in [-0.2, 0) is 65.3 Å². The van der Waals surface area contributed by atoms with Gasteiger partial charge >= 0.3 is 24.1 Å². The number of Topliss-reactive ketones (excluding diaryl/α,β-unsaturated/α-hetero) is 2. The number of benzene rings is 2. The molecule has 0 radical (unpaired) electrons. The van der Waals surface area contributed by atoms with Gasteiger partial charge in [0.15, 0.2) is 5.78 Å². The standard InChI is InChI=1S/C62H80BrClN6O14/c1-35(2)45(30-44(71)16-11-10-12-24-81-58(76)38(5)34-63)57(75)69-47(17-14-23-66-59(65)77)49(72)29-43-20-19-41-28-42(21-22-46(41)67-43)68-60(78)83-52-31-53(73)70(8)48-27-40(26-37(4)55(48)64)25-36(3)15-13-18-51(80-9)62(79)32-50(82-54(74)33-62)39(6)56-61(52,7)84-56/h13,15,18-22,26-28,35,39,45,47,50-52,56,79H,5,10-12,14,16-17,23-25,29-34H2,1-4,6-9H3,(H,68,78)(H,69,75)(H3,65,66,77)/b18-13+,36-15+/t39-,45+,47+,50+,51-,52+,56+,61+,62-/m1/s1. The van der Waals surface area contributed by atoms with Gasteiger partial charge in [-0.15, -0.1) is 0 Å². The van der Waals surface area contributed by atoms with Crippen LogP contribution in [0.5, 0.6) is 0 Å². The van der Waals surface area contributed by atoms with Gasteiger partial charge in [-0.1, -0.05) is 90.8 Å². The van der Waals surface area contributed by atoms with Gasteiger partial charge in [0.05, 0.1) is 54.2 Å². The molecular formula is C62H80BrClN6O14. The van der Waals surface area contributed by atoms with Crippen LogP contribution in [0, 0.1) is 24.7 Å². The highest BCUT2D eigenvalue weighted by Crippen LogP contribution is 2.50. The Bertz CT molecular complexity index is 3020. The summed E-state index contributed by atoms with van der Waals surface area (Å²) < 4.78 is 29.3. The lowest BCUT2D eigenvalue weighted by Crippen LogP contribution is -2.53. The maximum absolute atomic E-state index is 14.4. The Morgan fingerprint density at radius 3 is 2.50 bits per heavy atom. The van der Waals surface area contributed by atoms with E-state index in [-0.39, 0.29) is 75.6 Å². The summed E-state index contributed by atoms with van der Waals surface area (Å²) in [6.07, 6.45) is 3.12. The minimum Gasteiger partial charge on any atom is -0.462 e. The molecule has 0 aliphatic carbocycles. The normalized spacial score (nSPS) is 24.3. The number of carbonyl (C=O) groups is 8. The number of aliphatic hydroxyl groups is 1. The van der Waals surface area contributed by atoms with Crippen LogP contribution < -0.4 is 26.6 Å². The molecule has 6 N–H and O–H groups in total. The highest BCUT2D eigenvalue weighted by Gasteiger charge is 2.64. The van der Waals surface area contributed by atoms with Gasteiger partial charge in [-0.3, -0.25) is 34.3 Å². The van der Waals surface area contributed by atoms with Crippen molar-refractivity contribution >= 4 is 97.3 Å².